The molecule has 1 saturated heterocycles. The molecule has 130 valence electrons. The first-order valence-corrected chi connectivity index (χ1v) is 9.32. The summed E-state index contributed by atoms with van der Waals surface area (Å²) in [6.45, 7) is 15.8. The van der Waals surface area contributed by atoms with Crippen LogP contribution in [0, 0.1) is 5.92 Å². The van der Waals surface area contributed by atoms with E-state index in [2.05, 4.69) is 63.8 Å². The van der Waals surface area contributed by atoms with Crippen molar-refractivity contribution in [2.45, 2.75) is 65.4 Å². The van der Waals surface area contributed by atoms with Gasteiger partial charge in [-0.3, -0.25) is 0 Å². The molecule has 2 heteroatoms. The van der Waals surface area contributed by atoms with E-state index in [1.165, 1.54) is 24.0 Å². The molecule has 0 bridgehead atoms. The van der Waals surface area contributed by atoms with E-state index in [0.29, 0.717) is 12.0 Å². The molecule has 0 amide bonds. The highest BCUT2D eigenvalue weighted by Crippen LogP contribution is 2.23. The fraction of sp³-hybridized carbons (Fsp3) is 0.714. The zero-order chi connectivity index (χ0) is 16.9. The Morgan fingerprint density at radius 1 is 1.22 bits per heavy atom. The Kier molecular flexibility index (Phi) is 6.67. The average Bonchev–Trinajstić information content (AvgIpc) is 2.99. The van der Waals surface area contributed by atoms with E-state index in [1.807, 2.05) is 0 Å². The van der Waals surface area contributed by atoms with Crippen LogP contribution in [-0.4, -0.2) is 37.2 Å². The van der Waals surface area contributed by atoms with Gasteiger partial charge < -0.3 is 9.64 Å². The molecule has 1 aliphatic heterocycles. The van der Waals surface area contributed by atoms with Crippen LogP contribution in [0.2, 0.25) is 0 Å². The van der Waals surface area contributed by atoms with Gasteiger partial charge in [0.25, 0.3) is 0 Å². The summed E-state index contributed by atoms with van der Waals surface area (Å²) in [5.74, 6) is 0.678. The molecule has 1 aromatic rings. The molecular formula is C21H35NO. The van der Waals surface area contributed by atoms with E-state index in [0.717, 1.165) is 32.7 Å². The van der Waals surface area contributed by atoms with Gasteiger partial charge in [0, 0.05) is 19.7 Å². The van der Waals surface area contributed by atoms with Crippen LogP contribution in [-0.2, 0) is 16.6 Å². The van der Waals surface area contributed by atoms with Crippen LogP contribution in [0.5, 0.6) is 0 Å². The minimum atomic E-state index is 0.241. The van der Waals surface area contributed by atoms with Crippen molar-refractivity contribution < 1.29 is 4.74 Å². The molecule has 0 aliphatic carbocycles. The van der Waals surface area contributed by atoms with E-state index < -0.39 is 0 Å². The maximum atomic E-state index is 5.79. The highest BCUT2D eigenvalue weighted by Gasteiger charge is 2.20. The van der Waals surface area contributed by atoms with Gasteiger partial charge in [-0.05, 0) is 48.3 Å². The molecule has 1 heterocycles. The summed E-state index contributed by atoms with van der Waals surface area (Å²) in [5.41, 5.74) is 3.12. The summed E-state index contributed by atoms with van der Waals surface area (Å²) in [4.78, 5) is 2.56. The number of hydrogen-bond acceptors (Lipinski definition) is 2. The van der Waals surface area contributed by atoms with Crippen molar-refractivity contribution in [1.29, 1.82) is 0 Å². The largest absolute Gasteiger partial charge is 0.377 e. The molecule has 2 unspecified atom stereocenters. The van der Waals surface area contributed by atoms with E-state index in [1.54, 1.807) is 0 Å². The summed E-state index contributed by atoms with van der Waals surface area (Å²) in [6.07, 6.45) is 4.09. The number of nitrogens with zero attached hydrogens (tertiary/aromatic N) is 1. The first-order valence-electron chi connectivity index (χ1n) is 9.32. The van der Waals surface area contributed by atoms with Gasteiger partial charge in [0.15, 0.2) is 0 Å². The van der Waals surface area contributed by atoms with Crippen LogP contribution < -0.4 is 0 Å². The van der Waals surface area contributed by atoms with Gasteiger partial charge in [-0.15, -0.1) is 0 Å². The zero-order valence-electron chi connectivity index (χ0n) is 15.8. The maximum absolute atomic E-state index is 5.79. The van der Waals surface area contributed by atoms with E-state index in [9.17, 15) is 0 Å². The molecule has 0 aromatic heterocycles. The minimum Gasteiger partial charge on any atom is -0.377 e. The SMILES string of the molecule is CCN(CC(C)Cc1ccc(C(C)(C)C)cc1)CC1CCCO1. The van der Waals surface area contributed by atoms with E-state index in [-0.39, 0.29) is 5.41 Å². The molecule has 23 heavy (non-hydrogen) atoms. The van der Waals surface area contributed by atoms with Crippen molar-refractivity contribution in [2.24, 2.45) is 5.92 Å². The normalized spacial score (nSPS) is 20.2. The lowest BCUT2D eigenvalue weighted by Crippen LogP contribution is -2.35. The molecule has 0 radical (unpaired) electrons. The predicted octanol–water partition coefficient (Wildman–Crippen LogP) is 4.66. The Balaban J connectivity index is 1.83. The Morgan fingerprint density at radius 3 is 2.43 bits per heavy atom. The second-order valence-electron chi connectivity index (χ2n) is 8.24. The van der Waals surface area contributed by atoms with Crippen molar-refractivity contribution in [1.82, 2.24) is 4.90 Å². The molecule has 0 spiro atoms. The fourth-order valence-corrected chi connectivity index (χ4v) is 3.46. The average molecular weight is 318 g/mol. The summed E-state index contributed by atoms with van der Waals surface area (Å²) >= 11 is 0. The van der Waals surface area contributed by atoms with Crippen molar-refractivity contribution in [3.63, 3.8) is 0 Å². The van der Waals surface area contributed by atoms with E-state index >= 15 is 0 Å². The van der Waals surface area contributed by atoms with Gasteiger partial charge in [-0.25, -0.2) is 0 Å². The molecular weight excluding hydrogens is 282 g/mol. The van der Waals surface area contributed by atoms with Crippen LogP contribution in [0.15, 0.2) is 24.3 Å². The first kappa shape index (κ1) is 18.5. The van der Waals surface area contributed by atoms with Crippen LogP contribution in [0.1, 0.15) is 58.6 Å². The number of likely N-dealkylation sites (N-methyl/N-ethyl adjacent to an activating group) is 1. The quantitative estimate of drug-likeness (QED) is 0.725. The van der Waals surface area contributed by atoms with Crippen LogP contribution in [0.4, 0.5) is 0 Å². The van der Waals surface area contributed by atoms with Crippen molar-refractivity contribution in [3.05, 3.63) is 35.4 Å². The Morgan fingerprint density at radius 2 is 1.91 bits per heavy atom. The number of rotatable bonds is 7. The van der Waals surface area contributed by atoms with Gasteiger partial charge in [0.05, 0.1) is 6.10 Å². The van der Waals surface area contributed by atoms with Gasteiger partial charge in [0.2, 0.25) is 0 Å². The highest BCUT2D eigenvalue weighted by molar-refractivity contribution is 5.27. The van der Waals surface area contributed by atoms with Gasteiger partial charge >= 0.3 is 0 Å². The maximum Gasteiger partial charge on any atom is 0.0702 e. The second-order valence-corrected chi connectivity index (χ2v) is 8.24. The van der Waals surface area contributed by atoms with Gasteiger partial charge in [-0.2, -0.15) is 0 Å². The summed E-state index contributed by atoms with van der Waals surface area (Å²) in [6, 6.07) is 9.22. The third-order valence-electron chi connectivity index (χ3n) is 4.91. The monoisotopic (exact) mass is 317 g/mol. The molecule has 0 saturated carbocycles. The number of hydrogen-bond donors (Lipinski definition) is 0. The lowest BCUT2D eigenvalue weighted by Gasteiger charge is -2.27. The highest BCUT2D eigenvalue weighted by atomic mass is 16.5. The predicted molar refractivity (Wildman–Crippen MR) is 99.1 cm³/mol. The molecule has 2 rings (SSSR count). The number of benzene rings is 1. The van der Waals surface area contributed by atoms with Crippen LogP contribution in [0.3, 0.4) is 0 Å². The fourth-order valence-electron chi connectivity index (χ4n) is 3.46. The number of ether oxygens (including phenoxy) is 1. The van der Waals surface area contributed by atoms with Crippen molar-refractivity contribution in [3.8, 4) is 0 Å². The molecule has 0 N–H and O–H groups in total. The summed E-state index contributed by atoms with van der Waals surface area (Å²) in [7, 11) is 0. The van der Waals surface area contributed by atoms with Gasteiger partial charge in [0.1, 0.15) is 0 Å². The van der Waals surface area contributed by atoms with Crippen molar-refractivity contribution in [2.75, 3.05) is 26.2 Å². The first-order chi connectivity index (χ1) is 10.9. The molecule has 1 fully saturated rings. The Hall–Kier alpha value is -0.860. The molecule has 1 aliphatic rings. The zero-order valence-corrected chi connectivity index (χ0v) is 15.8. The standard InChI is InChI=1S/C21H35NO/c1-6-22(16-20-8-7-13-23-20)15-17(2)14-18-9-11-19(12-10-18)21(3,4)5/h9-12,17,20H,6-8,13-16H2,1-5H3. The minimum absolute atomic E-state index is 0.241. The Bertz CT molecular complexity index is 454. The Labute approximate surface area is 143 Å². The van der Waals surface area contributed by atoms with Gasteiger partial charge in [-0.1, -0.05) is 58.9 Å². The third kappa shape index (κ3) is 5.93. The molecule has 2 atom stereocenters. The summed E-state index contributed by atoms with van der Waals surface area (Å²) in [5, 5.41) is 0. The second kappa shape index (κ2) is 8.30. The summed E-state index contributed by atoms with van der Waals surface area (Å²) < 4.78 is 5.79. The van der Waals surface area contributed by atoms with Crippen molar-refractivity contribution >= 4 is 0 Å². The molecule has 2 nitrogen and oxygen atoms in total. The third-order valence-corrected chi connectivity index (χ3v) is 4.91. The topological polar surface area (TPSA) is 12.5 Å². The smallest absolute Gasteiger partial charge is 0.0702 e. The lowest BCUT2D eigenvalue weighted by molar-refractivity contribution is 0.0703. The molecule has 1 aromatic carbocycles. The van der Waals surface area contributed by atoms with E-state index in [4.69, 9.17) is 4.74 Å². The van der Waals surface area contributed by atoms with Crippen LogP contribution >= 0.6 is 0 Å². The lowest BCUT2D eigenvalue weighted by atomic mass is 9.86. The van der Waals surface area contributed by atoms with Crippen LogP contribution in [0.25, 0.3) is 0 Å².